The van der Waals surface area contributed by atoms with Crippen molar-refractivity contribution in [2.75, 3.05) is 25.6 Å². The van der Waals surface area contributed by atoms with Gasteiger partial charge in [0.05, 0.1) is 6.61 Å². The van der Waals surface area contributed by atoms with Gasteiger partial charge >= 0.3 is 0 Å². The molecule has 1 heterocycles. The van der Waals surface area contributed by atoms with E-state index in [2.05, 4.69) is 0 Å². The van der Waals surface area contributed by atoms with Crippen LogP contribution in [0.15, 0.2) is 0 Å². The number of nitrogens with zero attached hydrogens (tertiary/aromatic N) is 1. The number of rotatable bonds is 2. The lowest BCUT2D eigenvalue weighted by Crippen LogP contribution is -2.24. The van der Waals surface area contributed by atoms with Crippen LogP contribution in [0.3, 0.4) is 0 Å². The number of hydrogen-bond acceptors (Lipinski definition) is 2. The summed E-state index contributed by atoms with van der Waals surface area (Å²) >= 11 is 5.48. The highest BCUT2D eigenvalue weighted by Crippen LogP contribution is 2.31. The Kier molecular flexibility index (Phi) is 3.71. The van der Waals surface area contributed by atoms with Gasteiger partial charge in [-0.1, -0.05) is 0 Å². The molecule has 10 heavy (non-hydrogen) atoms. The molecular weight excluding hydrogens is 172 g/mol. The second kappa shape index (κ2) is 4.35. The minimum atomic E-state index is -1.90. The second-order valence-electron chi connectivity index (χ2n) is 2.14. The Balaban J connectivity index is 2.32. The molecule has 0 aromatic carbocycles. The van der Waals surface area contributed by atoms with E-state index in [-0.39, 0.29) is 0 Å². The maximum atomic E-state index is 11.0. The van der Waals surface area contributed by atoms with Crippen LogP contribution in [-0.2, 0) is 9.09 Å². The summed E-state index contributed by atoms with van der Waals surface area (Å²) in [6, 6.07) is 0. The van der Waals surface area contributed by atoms with Crippen molar-refractivity contribution in [2.45, 2.75) is 6.42 Å². The SMILES string of the molecule is O=[PH]1OCCCN1CCCl. The Hall–Kier alpha value is 0.440. The smallest absolute Gasteiger partial charge is 0.260 e. The fourth-order valence-electron chi connectivity index (χ4n) is 0.903. The molecule has 1 atom stereocenters. The Morgan fingerprint density at radius 1 is 1.70 bits per heavy atom. The third kappa shape index (κ3) is 2.24. The molecule has 0 aromatic heterocycles. The van der Waals surface area contributed by atoms with Gasteiger partial charge in [0.15, 0.2) is 0 Å². The summed E-state index contributed by atoms with van der Waals surface area (Å²) in [7, 11) is -1.90. The monoisotopic (exact) mass is 183 g/mol. The average molecular weight is 184 g/mol. The first-order valence-electron chi connectivity index (χ1n) is 3.32. The zero-order valence-corrected chi connectivity index (χ0v) is 7.43. The Labute approximate surface area is 66.2 Å². The summed E-state index contributed by atoms with van der Waals surface area (Å²) in [5.41, 5.74) is 0. The number of halogens is 1. The van der Waals surface area contributed by atoms with Crippen LogP contribution < -0.4 is 0 Å². The van der Waals surface area contributed by atoms with Gasteiger partial charge < -0.3 is 4.52 Å². The van der Waals surface area contributed by atoms with Crippen LogP contribution >= 0.6 is 19.8 Å². The molecule has 1 unspecified atom stereocenters. The maximum absolute atomic E-state index is 11.0. The molecule has 1 aliphatic heterocycles. The molecule has 0 N–H and O–H groups in total. The van der Waals surface area contributed by atoms with E-state index in [0.717, 1.165) is 13.0 Å². The van der Waals surface area contributed by atoms with Crippen LogP contribution in [0, 0.1) is 0 Å². The molecular formula is C5H11ClNO2P. The summed E-state index contributed by atoms with van der Waals surface area (Å²) in [6.07, 6.45) is 0.966. The molecule has 0 saturated carbocycles. The van der Waals surface area contributed by atoms with Crippen molar-refractivity contribution >= 4 is 19.8 Å². The topological polar surface area (TPSA) is 29.5 Å². The van der Waals surface area contributed by atoms with E-state index in [1.165, 1.54) is 0 Å². The van der Waals surface area contributed by atoms with Gasteiger partial charge in [-0.3, -0.25) is 4.57 Å². The predicted octanol–water partition coefficient (Wildman–Crippen LogP) is 1.34. The van der Waals surface area contributed by atoms with Crippen LogP contribution in [0.5, 0.6) is 0 Å². The Morgan fingerprint density at radius 2 is 2.50 bits per heavy atom. The van der Waals surface area contributed by atoms with E-state index < -0.39 is 8.18 Å². The van der Waals surface area contributed by atoms with Crippen LogP contribution in [0.1, 0.15) is 6.42 Å². The maximum Gasteiger partial charge on any atom is 0.260 e. The van der Waals surface area contributed by atoms with Crippen LogP contribution in [-0.4, -0.2) is 30.2 Å². The van der Waals surface area contributed by atoms with Crippen molar-refractivity contribution in [1.29, 1.82) is 0 Å². The molecule has 0 aliphatic carbocycles. The zero-order valence-electron chi connectivity index (χ0n) is 5.68. The molecule has 1 aliphatic rings. The van der Waals surface area contributed by atoms with Crippen LogP contribution in [0.4, 0.5) is 0 Å². The third-order valence-corrected chi connectivity index (χ3v) is 2.99. The van der Waals surface area contributed by atoms with E-state index in [0.29, 0.717) is 19.0 Å². The van der Waals surface area contributed by atoms with Gasteiger partial charge in [-0.25, -0.2) is 4.67 Å². The van der Waals surface area contributed by atoms with Gasteiger partial charge in [0.25, 0.3) is 8.18 Å². The van der Waals surface area contributed by atoms with Gasteiger partial charge in [0.2, 0.25) is 0 Å². The molecule has 5 heteroatoms. The van der Waals surface area contributed by atoms with E-state index in [9.17, 15) is 4.57 Å². The molecule has 1 rings (SSSR count). The quantitative estimate of drug-likeness (QED) is 0.478. The molecule has 0 aromatic rings. The average Bonchev–Trinajstić information content (AvgIpc) is 1.94. The van der Waals surface area contributed by atoms with Gasteiger partial charge in [0, 0.05) is 19.0 Å². The number of hydrogen-bond donors (Lipinski definition) is 0. The lowest BCUT2D eigenvalue weighted by molar-refractivity contribution is 0.229. The van der Waals surface area contributed by atoms with Gasteiger partial charge in [0.1, 0.15) is 0 Å². The largest absolute Gasteiger partial charge is 0.319 e. The van der Waals surface area contributed by atoms with Gasteiger partial charge in [-0.15, -0.1) is 11.6 Å². The molecule has 0 bridgehead atoms. The molecule has 60 valence electrons. The summed E-state index contributed by atoms with van der Waals surface area (Å²) in [5, 5.41) is 0. The van der Waals surface area contributed by atoms with Crippen molar-refractivity contribution < 1.29 is 9.09 Å². The van der Waals surface area contributed by atoms with Crippen molar-refractivity contribution in [3.63, 3.8) is 0 Å². The summed E-state index contributed by atoms with van der Waals surface area (Å²) in [5.74, 6) is 0.528. The van der Waals surface area contributed by atoms with Gasteiger partial charge in [-0.05, 0) is 6.42 Å². The summed E-state index contributed by atoms with van der Waals surface area (Å²) in [4.78, 5) is 0. The highest BCUT2D eigenvalue weighted by Gasteiger charge is 2.16. The zero-order chi connectivity index (χ0) is 7.40. The fourth-order valence-corrected chi connectivity index (χ4v) is 2.38. The standard InChI is InChI=1S/C5H11ClNO2P/c6-2-4-7-3-1-5-9-10(7)8/h10H,1-5H2. The first-order valence-corrected chi connectivity index (χ1v) is 5.12. The van der Waals surface area contributed by atoms with Crippen molar-refractivity contribution in [2.24, 2.45) is 0 Å². The van der Waals surface area contributed by atoms with E-state index in [4.69, 9.17) is 16.1 Å². The van der Waals surface area contributed by atoms with Gasteiger partial charge in [-0.2, -0.15) is 0 Å². The second-order valence-corrected chi connectivity index (χ2v) is 3.97. The predicted molar refractivity (Wildman–Crippen MR) is 41.9 cm³/mol. The summed E-state index contributed by atoms with van der Waals surface area (Å²) in [6.45, 7) is 2.18. The molecule has 0 amide bonds. The highest BCUT2D eigenvalue weighted by atomic mass is 35.5. The van der Waals surface area contributed by atoms with Crippen LogP contribution in [0.25, 0.3) is 0 Å². The highest BCUT2D eigenvalue weighted by molar-refractivity contribution is 7.36. The van der Waals surface area contributed by atoms with E-state index in [1.54, 1.807) is 4.67 Å². The fraction of sp³-hybridized carbons (Fsp3) is 1.00. The van der Waals surface area contributed by atoms with E-state index in [1.807, 2.05) is 0 Å². The number of alkyl halides is 1. The lowest BCUT2D eigenvalue weighted by atomic mass is 10.4. The minimum absolute atomic E-state index is 0.528. The minimum Gasteiger partial charge on any atom is -0.319 e. The first kappa shape index (κ1) is 8.54. The molecule has 1 saturated heterocycles. The first-order chi connectivity index (χ1) is 4.84. The van der Waals surface area contributed by atoms with E-state index >= 15 is 0 Å². The molecule has 0 radical (unpaired) electrons. The van der Waals surface area contributed by atoms with Crippen molar-refractivity contribution in [3.8, 4) is 0 Å². The Morgan fingerprint density at radius 3 is 3.10 bits per heavy atom. The summed E-state index contributed by atoms with van der Waals surface area (Å²) < 4.78 is 17.8. The normalized spacial score (nSPS) is 28.7. The molecule has 0 spiro atoms. The van der Waals surface area contributed by atoms with Crippen molar-refractivity contribution in [3.05, 3.63) is 0 Å². The third-order valence-electron chi connectivity index (χ3n) is 1.41. The lowest BCUT2D eigenvalue weighted by Gasteiger charge is -2.24. The van der Waals surface area contributed by atoms with Crippen molar-refractivity contribution in [1.82, 2.24) is 4.67 Å². The molecule has 1 fully saturated rings. The van der Waals surface area contributed by atoms with Crippen LogP contribution in [0.2, 0.25) is 0 Å². The molecule has 3 nitrogen and oxygen atoms in total. The Bertz CT molecular complexity index is 131.